The number of methoxy groups -OCH3 is 1. The fourth-order valence-electron chi connectivity index (χ4n) is 3.73. The first-order chi connectivity index (χ1) is 17.4. The Hall–Kier alpha value is -3.73. The van der Waals surface area contributed by atoms with Crippen molar-refractivity contribution in [2.24, 2.45) is 5.92 Å². The SMILES string of the molecule is CCn1c(SCC(=O)Nc2ccc(OC)cc2)nnc1C(NC(=O)c1ccc2c(c1)OCO2)C(C)C. The lowest BCUT2D eigenvalue weighted by molar-refractivity contribution is -0.113. The Labute approximate surface area is 213 Å². The van der Waals surface area contributed by atoms with Crippen LogP contribution in [0.2, 0.25) is 0 Å². The second kappa shape index (κ2) is 11.3. The third-order valence-electron chi connectivity index (χ3n) is 5.63. The van der Waals surface area contributed by atoms with Crippen molar-refractivity contribution >= 4 is 29.3 Å². The molecule has 10 nitrogen and oxygen atoms in total. The van der Waals surface area contributed by atoms with E-state index in [1.165, 1.54) is 11.8 Å². The molecule has 4 rings (SSSR count). The van der Waals surface area contributed by atoms with Crippen molar-refractivity contribution in [3.63, 3.8) is 0 Å². The van der Waals surface area contributed by atoms with E-state index in [4.69, 9.17) is 14.2 Å². The van der Waals surface area contributed by atoms with E-state index < -0.39 is 0 Å². The van der Waals surface area contributed by atoms with Crippen LogP contribution in [-0.4, -0.2) is 46.2 Å². The van der Waals surface area contributed by atoms with Crippen LogP contribution in [0.5, 0.6) is 17.2 Å². The molecule has 2 amide bonds. The highest BCUT2D eigenvalue weighted by Crippen LogP contribution is 2.33. The summed E-state index contributed by atoms with van der Waals surface area (Å²) in [7, 11) is 1.59. The van der Waals surface area contributed by atoms with Gasteiger partial charge in [-0.15, -0.1) is 10.2 Å². The highest BCUT2D eigenvalue weighted by molar-refractivity contribution is 7.99. The van der Waals surface area contributed by atoms with Gasteiger partial charge >= 0.3 is 0 Å². The van der Waals surface area contributed by atoms with Gasteiger partial charge < -0.3 is 29.4 Å². The minimum absolute atomic E-state index is 0.0497. The zero-order chi connectivity index (χ0) is 25.7. The average Bonchev–Trinajstić information content (AvgIpc) is 3.52. The van der Waals surface area contributed by atoms with Gasteiger partial charge in [-0.05, 0) is 55.3 Å². The number of carbonyl (C=O) groups is 2. The number of hydrogen-bond donors (Lipinski definition) is 2. The molecular weight excluding hydrogens is 482 g/mol. The van der Waals surface area contributed by atoms with Crippen molar-refractivity contribution in [2.75, 3.05) is 25.0 Å². The summed E-state index contributed by atoms with van der Waals surface area (Å²) in [6, 6.07) is 11.9. The van der Waals surface area contributed by atoms with Crippen LogP contribution in [0.15, 0.2) is 47.6 Å². The maximum Gasteiger partial charge on any atom is 0.252 e. The zero-order valence-corrected chi connectivity index (χ0v) is 21.4. The largest absolute Gasteiger partial charge is 0.497 e. The van der Waals surface area contributed by atoms with E-state index in [-0.39, 0.29) is 36.3 Å². The van der Waals surface area contributed by atoms with E-state index in [2.05, 4.69) is 20.8 Å². The lowest BCUT2D eigenvalue weighted by Crippen LogP contribution is -2.33. The van der Waals surface area contributed by atoms with Crippen LogP contribution in [-0.2, 0) is 11.3 Å². The fraction of sp³-hybridized carbons (Fsp3) is 0.360. The standard InChI is InChI=1S/C25H29N5O5S/c1-5-30-23(22(15(2)3)27-24(32)16-6-11-19-20(12-16)35-14-34-19)28-29-25(30)36-13-21(31)26-17-7-9-18(33-4)10-8-17/h6-12,15,22H,5,13-14H2,1-4H3,(H,26,31)(H,27,32). The number of thioether (sulfide) groups is 1. The van der Waals surface area contributed by atoms with Gasteiger partial charge in [-0.2, -0.15) is 0 Å². The molecule has 0 aliphatic carbocycles. The Morgan fingerprint density at radius 3 is 2.56 bits per heavy atom. The summed E-state index contributed by atoms with van der Waals surface area (Å²) in [4.78, 5) is 25.5. The number of hydrogen-bond acceptors (Lipinski definition) is 8. The Bertz CT molecular complexity index is 1230. The van der Waals surface area contributed by atoms with Crippen molar-refractivity contribution in [3.8, 4) is 17.2 Å². The van der Waals surface area contributed by atoms with Crippen LogP contribution in [0.25, 0.3) is 0 Å². The van der Waals surface area contributed by atoms with E-state index in [9.17, 15) is 9.59 Å². The van der Waals surface area contributed by atoms with Crippen molar-refractivity contribution in [1.82, 2.24) is 20.1 Å². The minimum atomic E-state index is -0.377. The maximum absolute atomic E-state index is 13.0. The summed E-state index contributed by atoms with van der Waals surface area (Å²) >= 11 is 1.29. The third-order valence-corrected chi connectivity index (χ3v) is 6.60. The minimum Gasteiger partial charge on any atom is -0.497 e. The Morgan fingerprint density at radius 2 is 1.86 bits per heavy atom. The van der Waals surface area contributed by atoms with E-state index in [1.54, 1.807) is 49.6 Å². The zero-order valence-electron chi connectivity index (χ0n) is 20.6. The molecule has 0 radical (unpaired) electrons. The summed E-state index contributed by atoms with van der Waals surface area (Å²) in [5.74, 6) is 2.34. The lowest BCUT2D eigenvalue weighted by Gasteiger charge is -2.22. The van der Waals surface area contributed by atoms with Crippen LogP contribution in [0.4, 0.5) is 5.69 Å². The highest BCUT2D eigenvalue weighted by atomic mass is 32.2. The molecule has 0 saturated heterocycles. The predicted octanol–water partition coefficient (Wildman–Crippen LogP) is 3.89. The number of anilines is 1. The molecule has 0 saturated carbocycles. The van der Waals surface area contributed by atoms with Gasteiger partial charge in [0.05, 0.1) is 18.9 Å². The van der Waals surface area contributed by atoms with Crippen LogP contribution in [0.3, 0.4) is 0 Å². The fourth-order valence-corrected chi connectivity index (χ4v) is 4.54. The van der Waals surface area contributed by atoms with Gasteiger partial charge in [-0.25, -0.2) is 0 Å². The number of nitrogens with one attached hydrogen (secondary N) is 2. The number of ether oxygens (including phenoxy) is 3. The maximum atomic E-state index is 13.0. The molecule has 2 heterocycles. The summed E-state index contributed by atoms with van der Waals surface area (Å²) < 4.78 is 17.8. The molecular formula is C25H29N5O5S. The second-order valence-electron chi connectivity index (χ2n) is 8.41. The molecule has 1 aliphatic heterocycles. The number of aromatic nitrogens is 3. The van der Waals surface area contributed by atoms with Crippen molar-refractivity contribution < 1.29 is 23.8 Å². The Kier molecular flexibility index (Phi) is 7.99. The molecule has 1 atom stereocenters. The smallest absolute Gasteiger partial charge is 0.252 e. The summed E-state index contributed by atoms with van der Waals surface area (Å²) in [6.07, 6.45) is 0. The normalized spacial score (nSPS) is 12.9. The molecule has 2 aromatic carbocycles. The molecule has 0 spiro atoms. The van der Waals surface area contributed by atoms with E-state index in [1.807, 2.05) is 25.3 Å². The van der Waals surface area contributed by atoms with Gasteiger partial charge in [0.2, 0.25) is 12.7 Å². The Balaban J connectivity index is 1.43. The van der Waals surface area contributed by atoms with Crippen molar-refractivity contribution in [1.29, 1.82) is 0 Å². The second-order valence-corrected chi connectivity index (χ2v) is 9.36. The number of benzene rings is 2. The molecule has 1 aromatic heterocycles. The van der Waals surface area contributed by atoms with Crippen molar-refractivity contribution in [3.05, 3.63) is 53.9 Å². The van der Waals surface area contributed by atoms with E-state index >= 15 is 0 Å². The quantitative estimate of drug-likeness (QED) is 0.394. The van der Waals surface area contributed by atoms with Gasteiger partial charge in [0.25, 0.3) is 5.91 Å². The number of carbonyl (C=O) groups excluding carboxylic acids is 2. The number of fused-ring (bicyclic) bond motifs is 1. The van der Waals surface area contributed by atoms with Gasteiger partial charge in [-0.1, -0.05) is 25.6 Å². The molecule has 3 aromatic rings. The molecule has 190 valence electrons. The first-order valence-corrected chi connectivity index (χ1v) is 12.6. The van der Waals surface area contributed by atoms with Gasteiger partial charge in [0.15, 0.2) is 22.5 Å². The molecule has 36 heavy (non-hydrogen) atoms. The molecule has 1 aliphatic rings. The average molecular weight is 512 g/mol. The van der Waals surface area contributed by atoms with Gasteiger partial charge in [-0.3, -0.25) is 9.59 Å². The first-order valence-electron chi connectivity index (χ1n) is 11.6. The topological polar surface area (TPSA) is 117 Å². The summed E-state index contributed by atoms with van der Waals surface area (Å²) in [5.41, 5.74) is 1.16. The van der Waals surface area contributed by atoms with Crippen LogP contribution >= 0.6 is 11.8 Å². The number of amides is 2. The lowest BCUT2D eigenvalue weighted by atomic mass is 10.0. The molecule has 11 heteroatoms. The van der Waals surface area contributed by atoms with Crippen LogP contribution in [0.1, 0.15) is 43.0 Å². The van der Waals surface area contributed by atoms with Crippen molar-refractivity contribution in [2.45, 2.75) is 38.5 Å². The van der Waals surface area contributed by atoms with Gasteiger partial charge in [0, 0.05) is 17.8 Å². The van der Waals surface area contributed by atoms with Crippen LogP contribution in [0, 0.1) is 5.92 Å². The van der Waals surface area contributed by atoms with E-state index in [0.717, 1.165) is 5.75 Å². The molecule has 2 N–H and O–H groups in total. The molecule has 0 bridgehead atoms. The summed E-state index contributed by atoms with van der Waals surface area (Å²) in [6.45, 7) is 6.73. The molecule has 0 fully saturated rings. The summed E-state index contributed by atoms with van der Waals surface area (Å²) in [5, 5.41) is 15.2. The number of rotatable bonds is 10. The third kappa shape index (κ3) is 5.73. The highest BCUT2D eigenvalue weighted by Gasteiger charge is 2.27. The predicted molar refractivity (Wildman–Crippen MR) is 136 cm³/mol. The first kappa shape index (κ1) is 25.4. The molecule has 1 unspecified atom stereocenters. The monoisotopic (exact) mass is 511 g/mol. The Morgan fingerprint density at radius 1 is 1.11 bits per heavy atom. The van der Waals surface area contributed by atoms with E-state index in [0.29, 0.717) is 40.3 Å². The van der Waals surface area contributed by atoms with Gasteiger partial charge in [0.1, 0.15) is 5.75 Å². The van der Waals surface area contributed by atoms with Crippen LogP contribution < -0.4 is 24.8 Å². The number of nitrogens with zero attached hydrogens (tertiary/aromatic N) is 3.